The summed E-state index contributed by atoms with van der Waals surface area (Å²) in [5, 5.41) is 0.622. The maximum atomic E-state index is 14.4. The average molecular weight is 399 g/mol. The number of esters is 1. The number of carbonyl (C=O) groups excluding carboxylic acids is 2. The van der Waals surface area contributed by atoms with Gasteiger partial charge in [-0.15, -0.1) is 0 Å². The van der Waals surface area contributed by atoms with Crippen molar-refractivity contribution in [2.75, 3.05) is 20.8 Å². The van der Waals surface area contributed by atoms with Crippen molar-refractivity contribution in [1.82, 2.24) is 4.98 Å². The maximum Gasteiger partial charge on any atom is 0.379 e. The highest BCUT2D eigenvalue weighted by molar-refractivity contribution is 6.40. The molecule has 0 saturated heterocycles. The van der Waals surface area contributed by atoms with E-state index in [-0.39, 0.29) is 17.9 Å². The van der Waals surface area contributed by atoms with Gasteiger partial charge < -0.3 is 18.9 Å². The predicted molar refractivity (Wildman–Crippen MR) is 102 cm³/mol. The molecule has 0 fully saturated rings. The van der Waals surface area contributed by atoms with Crippen LogP contribution >= 0.6 is 0 Å². The van der Waals surface area contributed by atoms with Crippen molar-refractivity contribution in [2.24, 2.45) is 0 Å². The van der Waals surface area contributed by atoms with Crippen molar-refractivity contribution in [3.05, 3.63) is 54.0 Å². The Balaban J connectivity index is 1.94. The summed E-state index contributed by atoms with van der Waals surface area (Å²) in [5.41, 5.74) is 0.205. The molecule has 0 N–H and O–H groups in total. The minimum absolute atomic E-state index is 0.0246. The molecule has 0 amide bonds. The number of hydrogen-bond donors (Lipinski definition) is 0. The van der Waals surface area contributed by atoms with Crippen molar-refractivity contribution < 1.29 is 32.9 Å². The lowest BCUT2D eigenvalue weighted by molar-refractivity contribution is -0.137. The van der Waals surface area contributed by atoms with Crippen LogP contribution in [-0.4, -0.2) is 37.6 Å². The summed E-state index contributed by atoms with van der Waals surface area (Å²) in [6.07, 6.45) is 1.54. The molecule has 7 nitrogen and oxygen atoms in total. The van der Waals surface area contributed by atoms with Crippen LogP contribution in [0.15, 0.2) is 42.6 Å². The van der Waals surface area contributed by atoms with Gasteiger partial charge in [-0.3, -0.25) is 9.78 Å². The number of fused-ring (bicyclic) bond motifs is 1. The van der Waals surface area contributed by atoms with Gasteiger partial charge in [0.1, 0.15) is 17.3 Å². The molecule has 2 aromatic carbocycles. The molecular weight excluding hydrogens is 381 g/mol. The number of aromatic nitrogens is 1. The number of benzene rings is 2. The molecule has 8 heteroatoms. The first-order valence-electron chi connectivity index (χ1n) is 8.68. The van der Waals surface area contributed by atoms with E-state index < -0.39 is 17.6 Å². The maximum absolute atomic E-state index is 14.4. The lowest BCUT2D eigenvalue weighted by atomic mass is 10.1. The van der Waals surface area contributed by atoms with Gasteiger partial charge in [-0.25, -0.2) is 9.18 Å². The second-order valence-electron chi connectivity index (χ2n) is 5.83. The van der Waals surface area contributed by atoms with E-state index in [2.05, 4.69) is 9.72 Å². The number of methoxy groups -OCH3 is 2. The molecule has 29 heavy (non-hydrogen) atoms. The third kappa shape index (κ3) is 4.11. The molecular formula is C21H18FNO6. The minimum Gasteiger partial charge on any atom is -0.493 e. The summed E-state index contributed by atoms with van der Waals surface area (Å²) in [4.78, 5) is 27.7. The zero-order chi connectivity index (χ0) is 21.0. The first-order valence-corrected chi connectivity index (χ1v) is 8.68. The van der Waals surface area contributed by atoms with E-state index in [0.717, 1.165) is 6.07 Å². The Morgan fingerprint density at radius 1 is 1.00 bits per heavy atom. The first-order chi connectivity index (χ1) is 14.0. The molecule has 0 atom stereocenters. The van der Waals surface area contributed by atoms with Crippen LogP contribution in [0.4, 0.5) is 4.39 Å². The zero-order valence-corrected chi connectivity index (χ0v) is 16.0. The highest BCUT2D eigenvalue weighted by atomic mass is 19.1. The van der Waals surface area contributed by atoms with E-state index in [4.69, 9.17) is 14.2 Å². The summed E-state index contributed by atoms with van der Waals surface area (Å²) < 4.78 is 35.3. The minimum atomic E-state index is -1.11. The molecule has 1 heterocycles. The van der Waals surface area contributed by atoms with E-state index in [0.29, 0.717) is 28.2 Å². The zero-order valence-electron chi connectivity index (χ0n) is 16.0. The molecule has 0 radical (unpaired) electrons. The number of pyridine rings is 1. The molecule has 0 aliphatic carbocycles. The van der Waals surface area contributed by atoms with Gasteiger partial charge >= 0.3 is 5.97 Å². The number of rotatable bonds is 7. The molecule has 0 aliphatic rings. The fourth-order valence-corrected chi connectivity index (χ4v) is 2.71. The smallest absolute Gasteiger partial charge is 0.379 e. The molecule has 0 unspecified atom stereocenters. The van der Waals surface area contributed by atoms with Crippen molar-refractivity contribution in [3.8, 4) is 23.0 Å². The van der Waals surface area contributed by atoms with Gasteiger partial charge in [0.05, 0.1) is 31.9 Å². The van der Waals surface area contributed by atoms with Gasteiger partial charge in [0.2, 0.25) is 0 Å². The van der Waals surface area contributed by atoms with Crippen LogP contribution in [0.25, 0.3) is 10.9 Å². The van der Waals surface area contributed by atoms with Crippen LogP contribution in [-0.2, 0) is 9.53 Å². The third-order valence-electron chi connectivity index (χ3n) is 4.08. The summed E-state index contributed by atoms with van der Waals surface area (Å²) >= 11 is 0. The standard InChI is InChI=1S/C21H18FNO6/c1-4-28-21(25)20(24)13-6-5-12(9-15(13)22)29-17-7-8-23-16-11-19(27-3)18(26-2)10-14(16)17/h5-11H,4H2,1-3H3. The number of ether oxygens (including phenoxy) is 4. The van der Waals surface area contributed by atoms with Gasteiger partial charge in [-0.05, 0) is 31.2 Å². The van der Waals surface area contributed by atoms with Gasteiger partial charge in [-0.2, -0.15) is 0 Å². The van der Waals surface area contributed by atoms with Crippen LogP contribution in [0, 0.1) is 5.82 Å². The van der Waals surface area contributed by atoms with E-state index in [1.807, 2.05) is 0 Å². The van der Waals surface area contributed by atoms with Gasteiger partial charge in [0, 0.05) is 23.7 Å². The Hall–Kier alpha value is -3.68. The van der Waals surface area contributed by atoms with Crippen LogP contribution < -0.4 is 14.2 Å². The molecule has 0 saturated carbocycles. The fraction of sp³-hybridized carbons (Fsp3) is 0.190. The lowest BCUT2D eigenvalue weighted by Gasteiger charge is -2.12. The largest absolute Gasteiger partial charge is 0.493 e. The molecule has 3 aromatic rings. The second kappa shape index (κ2) is 8.55. The number of halogens is 1. The number of carbonyl (C=O) groups is 2. The highest BCUT2D eigenvalue weighted by Crippen LogP contribution is 2.37. The topological polar surface area (TPSA) is 84.0 Å². The average Bonchev–Trinajstić information content (AvgIpc) is 2.72. The normalized spacial score (nSPS) is 10.5. The van der Waals surface area contributed by atoms with Gasteiger partial charge in [0.15, 0.2) is 11.5 Å². The molecule has 1 aromatic heterocycles. The van der Waals surface area contributed by atoms with Crippen molar-refractivity contribution in [2.45, 2.75) is 6.92 Å². The van der Waals surface area contributed by atoms with Crippen LogP contribution in [0.3, 0.4) is 0 Å². The van der Waals surface area contributed by atoms with Gasteiger partial charge in [-0.1, -0.05) is 0 Å². The Bertz CT molecular complexity index is 1080. The molecule has 0 spiro atoms. The van der Waals surface area contributed by atoms with Crippen molar-refractivity contribution in [3.63, 3.8) is 0 Å². The lowest BCUT2D eigenvalue weighted by Crippen LogP contribution is -2.18. The first kappa shape index (κ1) is 20.1. The van der Waals surface area contributed by atoms with E-state index >= 15 is 0 Å². The Labute approximate surface area is 166 Å². The second-order valence-corrected chi connectivity index (χ2v) is 5.83. The Morgan fingerprint density at radius 2 is 1.72 bits per heavy atom. The van der Waals surface area contributed by atoms with E-state index in [1.165, 1.54) is 26.4 Å². The monoisotopic (exact) mass is 399 g/mol. The van der Waals surface area contributed by atoms with Crippen LogP contribution in [0.2, 0.25) is 0 Å². The summed E-state index contributed by atoms with van der Waals surface area (Å²) in [6, 6.07) is 8.61. The van der Waals surface area contributed by atoms with Gasteiger partial charge in [0.25, 0.3) is 5.78 Å². The van der Waals surface area contributed by atoms with Crippen LogP contribution in [0.1, 0.15) is 17.3 Å². The van der Waals surface area contributed by atoms with Crippen molar-refractivity contribution in [1.29, 1.82) is 0 Å². The Morgan fingerprint density at radius 3 is 2.38 bits per heavy atom. The van der Waals surface area contributed by atoms with Crippen molar-refractivity contribution >= 4 is 22.7 Å². The molecule has 3 rings (SSSR count). The summed E-state index contributed by atoms with van der Waals surface area (Å²) in [7, 11) is 3.03. The molecule has 0 aliphatic heterocycles. The summed E-state index contributed by atoms with van der Waals surface area (Å²) in [5.74, 6) is -1.51. The SMILES string of the molecule is CCOC(=O)C(=O)c1ccc(Oc2ccnc3cc(OC)c(OC)cc23)cc1F. The third-order valence-corrected chi connectivity index (χ3v) is 4.08. The number of Topliss-reactive ketones (excluding diaryl/α,β-unsaturated/α-hetero) is 1. The molecule has 150 valence electrons. The van der Waals surface area contributed by atoms with E-state index in [9.17, 15) is 14.0 Å². The molecule has 0 bridgehead atoms. The fourth-order valence-electron chi connectivity index (χ4n) is 2.71. The van der Waals surface area contributed by atoms with Crippen LogP contribution in [0.5, 0.6) is 23.0 Å². The highest BCUT2D eigenvalue weighted by Gasteiger charge is 2.22. The Kier molecular flexibility index (Phi) is 5.92. The number of hydrogen-bond acceptors (Lipinski definition) is 7. The van der Waals surface area contributed by atoms with E-state index in [1.54, 1.807) is 31.3 Å². The number of ketones is 1. The predicted octanol–water partition coefficient (Wildman–Crippen LogP) is 3.93. The number of nitrogens with zero attached hydrogens (tertiary/aromatic N) is 1. The summed E-state index contributed by atoms with van der Waals surface area (Å²) in [6.45, 7) is 1.58. The quantitative estimate of drug-likeness (QED) is 0.338.